The Hall–Kier alpha value is -0.130. The van der Waals surface area contributed by atoms with Gasteiger partial charge in [0.2, 0.25) is 0 Å². The van der Waals surface area contributed by atoms with Crippen molar-refractivity contribution >= 4 is 10.4 Å². The van der Waals surface area contributed by atoms with E-state index in [1.54, 1.807) is 0 Å². The molecule has 0 saturated carbocycles. The largest absolute Gasteiger partial charge is 0.399 e. The summed E-state index contributed by atoms with van der Waals surface area (Å²) in [5.41, 5.74) is 0. The summed E-state index contributed by atoms with van der Waals surface area (Å²) in [6.07, 6.45) is 10.9. The van der Waals surface area contributed by atoms with Crippen molar-refractivity contribution in [3.8, 4) is 0 Å². The summed E-state index contributed by atoms with van der Waals surface area (Å²) in [5.74, 6) is 0. The first-order valence-electron chi connectivity index (χ1n) is 6.19. The molecule has 0 aliphatic carbocycles. The lowest BCUT2D eigenvalue weighted by Gasteiger charge is -1.97. The molecule has 0 bridgehead atoms. The monoisotopic (exact) mass is 267 g/mol. The number of hydrogen-bond acceptors (Lipinski definition) is 4. The number of hydrogen-bond donors (Lipinski definition) is 0. The highest BCUT2D eigenvalue weighted by atomic mass is 32.3. The molecule has 0 atom stereocenters. The van der Waals surface area contributed by atoms with Crippen LogP contribution in [0, 0.1) is 6.92 Å². The molecule has 0 spiro atoms. The minimum Gasteiger partial charge on any atom is -0.252 e. The molecule has 0 aliphatic heterocycles. The van der Waals surface area contributed by atoms with Crippen LogP contribution in [0.1, 0.15) is 58.3 Å². The SMILES string of the molecule is COS(=O)(=O)OC.[CH2]CCCCCCCCC. The van der Waals surface area contributed by atoms with Gasteiger partial charge in [-0.1, -0.05) is 65.2 Å². The minimum absolute atomic E-state index is 1.03. The van der Waals surface area contributed by atoms with Gasteiger partial charge >= 0.3 is 10.4 Å². The number of rotatable bonds is 9. The van der Waals surface area contributed by atoms with Crippen molar-refractivity contribution in [3.63, 3.8) is 0 Å². The van der Waals surface area contributed by atoms with Crippen LogP contribution in [0.4, 0.5) is 0 Å². The van der Waals surface area contributed by atoms with Gasteiger partial charge in [0.05, 0.1) is 14.2 Å². The van der Waals surface area contributed by atoms with Gasteiger partial charge in [0, 0.05) is 0 Å². The molecule has 4 nitrogen and oxygen atoms in total. The molecule has 1 radical (unpaired) electrons. The maximum absolute atomic E-state index is 9.92. The second kappa shape index (κ2) is 13.9. The normalized spacial score (nSPS) is 10.8. The molecule has 0 aliphatic rings. The first-order chi connectivity index (χ1) is 8.04. The zero-order valence-electron chi connectivity index (χ0n) is 11.4. The average Bonchev–Trinajstić information content (AvgIpc) is 2.34. The Bertz CT molecular complexity index is 207. The van der Waals surface area contributed by atoms with Crippen molar-refractivity contribution in [2.75, 3.05) is 14.2 Å². The first kappa shape index (κ1) is 19.2. The molecule has 105 valence electrons. The molecule has 0 heterocycles. The van der Waals surface area contributed by atoms with E-state index >= 15 is 0 Å². The molecule has 0 fully saturated rings. The Labute approximate surface area is 107 Å². The third kappa shape index (κ3) is 18.4. The van der Waals surface area contributed by atoms with Gasteiger partial charge in [0.15, 0.2) is 0 Å². The lowest BCUT2D eigenvalue weighted by atomic mass is 10.1. The van der Waals surface area contributed by atoms with Crippen LogP contribution in [-0.4, -0.2) is 22.6 Å². The third-order valence-corrected chi connectivity index (χ3v) is 3.08. The molecule has 0 amide bonds. The van der Waals surface area contributed by atoms with Gasteiger partial charge in [-0.25, -0.2) is 0 Å². The summed E-state index contributed by atoms with van der Waals surface area (Å²) in [6, 6.07) is 0. The molecule has 0 aromatic heterocycles. The highest BCUT2D eigenvalue weighted by Crippen LogP contribution is 2.07. The van der Waals surface area contributed by atoms with Crippen molar-refractivity contribution in [1.29, 1.82) is 0 Å². The van der Waals surface area contributed by atoms with Crippen LogP contribution < -0.4 is 0 Å². The van der Waals surface area contributed by atoms with Crippen molar-refractivity contribution in [3.05, 3.63) is 6.92 Å². The maximum Gasteiger partial charge on any atom is 0.399 e. The highest BCUT2D eigenvalue weighted by molar-refractivity contribution is 7.81. The fourth-order valence-corrected chi connectivity index (χ4v) is 1.34. The van der Waals surface area contributed by atoms with Gasteiger partial charge in [-0.15, -0.1) is 0 Å². The van der Waals surface area contributed by atoms with Gasteiger partial charge in [-0.2, -0.15) is 8.42 Å². The van der Waals surface area contributed by atoms with Crippen LogP contribution in [0.5, 0.6) is 0 Å². The topological polar surface area (TPSA) is 52.6 Å². The Morgan fingerprint density at radius 3 is 1.59 bits per heavy atom. The average molecular weight is 267 g/mol. The molecule has 0 aromatic carbocycles. The van der Waals surface area contributed by atoms with E-state index in [0.717, 1.165) is 20.6 Å². The summed E-state index contributed by atoms with van der Waals surface area (Å²) in [4.78, 5) is 0. The van der Waals surface area contributed by atoms with E-state index in [1.807, 2.05) is 0 Å². The molecular weight excluding hydrogens is 240 g/mol. The lowest BCUT2D eigenvalue weighted by Crippen LogP contribution is -2.02. The molecule has 5 heteroatoms. The van der Waals surface area contributed by atoms with Crippen molar-refractivity contribution in [2.45, 2.75) is 58.3 Å². The van der Waals surface area contributed by atoms with E-state index in [0.29, 0.717) is 0 Å². The maximum atomic E-state index is 9.92. The van der Waals surface area contributed by atoms with E-state index in [4.69, 9.17) is 0 Å². The van der Waals surface area contributed by atoms with Crippen LogP contribution in [0.15, 0.2) is 0 Å². The molecule has 0 aromatic rings. The first-order valence-corrected chi connectivity index (χ1v) is 7.52. The number of unbranched alkanes of at least 4 members (excludes halogenated alkanes) is 7. The van der Waals surface area contributed by atoms with E-state index in [2.05, 4.69) is 22.2 Å². The third-order valence-electron chi connectivity index (χ3n) is 2.26. The second-order valence-corrected chi connectivity index (χ2v) is 5.20. The van der Waals surface area contributed by atoms with E-state index in [9.17, 15) is 8.42 Å². The fourth-order valence-electron chi connectivity index (χ4n) is 1.20. The van der Waals surface area contributed by atoms with Gasteiger partial charge in [0.1, 0.15) is 0 Å². The smallest absolute Gasteiger partial charge is 0.252 e. The van der Waals surface area contributed by atoms with E-state index in [1.165, 1.54) is 44.9 Å². The Morgan fingerprint density at radius 1 is 0.882 bits per heavy atom. The highest BCUT2D eigenvalue weighted by Gasteiger charge is 2.01. The van der Waals surface area contributed by atoms with Crippen molar-refractivity contribution < 1.29 is 16.8 Å². The van der Waals surface area contributed by atoms with E-state index in [-0.39, 0.29) is 0 Å². The molecule has 17 heavy (non-hydrogen) atoms. The zero-order chi connectivity index (χ0) is 13.6. The lowest BCUT2D eigenvalue weighted by molar-refractivity contribution is 0.286. The summed E-state index contributed by atoms with van der Waals surface area (Å²) in [5, 5.41) is 0. The molecule has 0 unspecified atom stereocenters. The predicted molar refractivity (Wildman–Crippen MR) is 70.9 cm³/mol. The van der Waals surface area contributed by atoms with Crippen molar-refractivity contribution in [1.82, 2.24) is 0 Å². The Kier molecular flexibility index (Phi) is 15.7. The minimum atomic E-state index is -3.66. The summed E-state index contributed by atoms with van der Waals surface area (Å²) < 4.78 is 27.5. The zero-order valence-corrected chi connectivity index (χ0v) is 12.2. The van der Waals surface area contributed by atoms with Crippen LogP contribution in [0.3, 0.4) is 0 Å². The van der Waals surface area contributed by atoms with E-state index < -0.39 is 10.4 Å². The van der Waals surface area contributed by atoms with Crippen LogP contribution in [0.2, 0.25) is 0 Å². The predicted octanol–water partition coefficient (Wildman–Crippen LogP) is 3.49. The summed E-state index contributed by atoms with van der Waals surface area (Å²) in [7, 11) is -1.60. The molecule has 0 saturated heterocycles. The molecular formula is C12H27O4S. The van der Waals surface area contributed by atoms with Crippen LogP contribution >= 0.6 is 0 Å². The molecule has 0 rings (SSSR count). The van der Waals surface area contributed by atoms with Crippen LogP contribution in [-0.2, 0) is 18.8 Å². The Balaban J connectivity index is 0. The summed E-state index contributed by atoms with van der Waals surface area (Å²) >= 11 is 0. The van der Waals surface area contributed by atoms with Gasteiger partial charge in [-0.3, -0.25) is 8.37 Å². The van der Waals surface area contributed by atoms with Gasteiger partial charge < -0.3 is 0 Å². The van der Waals surface area contributed by atoms with Gasteiger partial charge in [-0.05, 0) is 0 Å². The fraction of sp³-hybridized carbons (Fsp3) is 0.917. The summed E-state index contributed by atoms with van der Waals surface area (Å²) in [6.45, 7) is 6.08. The Morgan fingerprint density at radius 2 is 1.29 bits per heavy atom. The quantitative estimate of drug-likeness (QED) is 0.600. The van der Waals surface area contributed by atoms with Crippen LogP contribution in [0.25, 0.3) is 0 Å². The van der Waals surface area contributed by atoms with Crippen molar-refractivity contribution in [2.24, 2.45) is 0 Å². The molecule has 0 N–H and O–H groups in total. The second-order valence-electron chi connectivity index (χ2n) is 3.72. The van der Waals surface area contributed by atoms with Gasteiger partial charge in [0.25, 0.3) is 0 Å². The standard InChI is InChI=1S/C10H21.C2H6O4S/c1-3-5-7-9-10-8-6-4-2;1-5-7(3,4)6-2/h1,3-10H2,2H3;1-2H3.